The summed E-state index contributed by atoms with van der Waals surface area (Å²) in [5.41, 5.74) is 1.47. The van der Waals surface area contributed by atoms with Crippen molar-refractivity contribution in [2.75, 3.05) is 25.5 Å². The minimum absolute atomic E-state index is 0.360. The predicted molar refractivity (Wildman–Crippen MR) is 85.7 cm³/mol. The number of hydrogen-bond donors (Lipinski definition) is 1. The van der Waals surface area contributed by atoms with Gasteiger partial charge in [0.2, 0.25) is 0 Å². The second-order valence-corrected chi connectivity index (χ2v) is 6.87. The lowest BCUT2D eigenvalue weighted by atomic mass is 10.1. The average Bonchev–Trinajstić information content (AvgIpc) is 2.76. The highest BCUT2D eigenvalue weighted by molar-refractivity contribution is 7.19. The van der Waals surface area contributed by atoms with E-state index in [2.05, 4.69) is 38.0 Å². The summed E-state index contributed by atoms with van der Waals surface area (Å²) in [6, 6.07) is 0. The number of anilines is 1. The fourth-order valence-electron chi connectivity index (χ4n) is 2.69. The van der Waals surface area contributed by atoms with Gasteiger partial charge in [-0.25, -0.2) is 9.97 Å². The zero-order valence-electron chi connectivity index (χ0n) is 12.7. The van der Waals surface area contributed by atoms with Crippen LogP contribution in [-0.2, 0) is 13.0 Å². The Kier molecular flexibility index (Phi) is 3.65. The summed E-state index contributed by atoms with van der Waals surface area (Å²) < 4.78 is 0. The molecule has 4 nitrogen and oxygen atoms in total. The summed E-state index contributed by atoms with van der Waals surface area (Å²) >= 11 is 1.84. The second-order valence-electron chi connectivity index (χ2n) is 5.79. The van der Waals surface area contributed by atoms with Crippen molar-refractivity contribution in [3.8, 4) is 0 Å². The molecule has 0 amide bonds. The van der Waals surface area contributed by atoms with Crippen molar-refractivity contribution >= 4 is 27.4 Å². The molecule has 5 heteroatoms. The minimum Gasteiger partial charge on any atom is -0.370 e. The smallest absolute Gasteiger partial charge is 0.138 e. The highest BCUT2D eigenvalue weighted by atomic mass is 32.1. The van der Waals surface area contributed by atoms with E-state index in [1.54, 1.807) is 0 Å². The normalized spacial score (nSPS) is 15.8. The molecule has 0 saturated heterocycles. The van der Waals surface area contributed by atoms with Gasteiger partial charge in [0.05, 0.1) is 5.39 Å². The molecule has 0 saturated carbocycles. The average molecular weight is 290 g/mol. The van der Waals surface area contributed by atoms with Crippen LogP contribution in [0.25, 0.3) is 10.2 Å². The van der Waals surface area contributed by atoms with Gasteiger partial charge in [0.1, 0.15) is 16.5 Å². The van der Waals surface area contributed by atoms with Gasteiger partial charge in [0.15, 0.2) is 0 Å². The Morgan fingerprint density at radius 3 is 2.85 bits per heavy atom. The molecule has 0 radical (unpaired) electrons. The summed E-state index contributed by atoms with van der Waals surface area (Å²) in [6.45, 7) is 9.48. The number of thiophene rings is 1. The molecule has 2 aromatic rings. The van der Waals surface area contributed by atoms with Gasteiger partial charge in [-0.05, 0) is 26.0 Å². The maximum Gasteiger partial charge on any atom is 0.138 e. The molecule has 2 aromatic heterocycles. The molecule has 108 valence electrons. The number of aromatic nitrogens is 2. The first-order chi connectivity index (χ1) is 9.60. The van der Waals surface area contributed by atoms with Crippen LogP contribution in [0.2, 0.25) is 0 Å². The van der Waals surface area contributed by atoms with E-state index in [0.717, 1.165) is 42.5 Å². The van der Waals surface area contributed by atoms with E-state index in [1.165, 1.54) is 15.8 Å². The zero-order chi connectivity index (χ0) is 14.3. The number of hydrogen-bond acceptors (Lipinski definition) is 5. The lowest BCUT2D eigenvalue weighted by Crippen LogP contribution is -2.25. The van der Waals surface area contributed by atoms with Gasteiger partial charge in [0.25, 0.3) is 0 Å². The van der Waals surface area contributed by atoms with Crippen LogP contribution in [0.1, 0.15) is 43.0 Å². The Morgan fingerprint density at radius 1 is 1.35 bits per heavy atom. The molecule has 0 spiro atoms. The van der Waals surface area contributed by atoms with E-state index in [4.69, 9.17) is 9.97 Å². The summed E-state index contributed by atoms with van der Waals surface area (Å²) in [5, 5.41) is 4.70. The monoisotopic (exact) mass is 290 g/mol. The molecule has 0 atom stereocenters. The van der Waals surface area contributed by atoms with Gasteiger partial charge in [-0.15, -0.1) is 11.3 Å². The van der Waals surface area contributed by atoms with Crippen molar-refractivity contribution in [2.45, 2.75) is 39.7 Å². The van der Waals surface area contributed by atoms with E-state index < -0.39 is 0 Å². The Balaban J connectivity index is 2.21. The van der Waals surface area contributed by atoms with Crippen LogP contribution in [0, 0.1) is 0 Å². The van der Waals surface area contributed by atoms with E-state index in [9.17, 15) is 0 Å². The molecule has 0 fully saturated rings. The van der Waals surface area contributed by atoms with Crippen molar-refractivity contribution in [3.63, 3.8) is 0 Å². The molecule has 1 aliphatic rings. The summed E-state index contributed by atoms with van der Waals surface area (Å²) in [4.78, 5) is 14.5. The van der Waals surface area contributed by atoms with Gasteiger partial charge in [-0.3, -0.25) is 0 Å². The quantitative estimate of drug-likeness (QED) is 0.942. The summed E-state index contributed by atoms with van der Waals surface area (Å²) in [6.07, 6.45) is 1.11. The predicted octanol–water partition coefficient (Wildman–Crippen LogP) is 3.23. The van der Waals surface area contributed by atoms with Crippen molar-refractivity contribution in [1.29, 1.82) is 0 Å². The minimum atomic E-state index is 0.360. The van der Waals surface area contributed by atoms with Crippen molar-refractivity contribution in [1.82, 2.24) is 14.9 Å². The van der Waals surface area contributed by atoms with Crippen molar-refractivity contribution < 1.29 is 0 Å². The van der Waals surface area contributed by atoms with Gasteiger partial charge < -0.3 is 10.2 Å². The lowest BCUT2D eigenvalue weighted by Gasteiger charge is -2.22. The van der Waals surface area contributed by atoms with Crippen LogP contribution in [0.4, 0.5) is 5.82 Å². The maximum absolute atomic E-state index is 4.80. The highest BCUT2D eigenvalue weighted by Crippen LogP contribution is 2.37. The second kappa shape index (κ2) is 5.30. The number of rotatable bonds is 3. The molecule has 3 rings (SSSR count). The molecule has 0 unspecified atom stereocenters. The van der Waals surface area contributed by atoms with Crippen LogP contribution < -0.4 is 5.32 Å². The summed E-state index contributed by atoms with van der Waals surface area (Å²) in [5.74, 6) is 2.34. The molecule has 20 heavy (non-hydrogen) atoms. The number of likely N-dealkylation sites (N-methyl/N-ethyl adjacent to an activating group) is 1. The molecule has 1 aliphatic heterocycles. The first-order valence-corrected chi connectivity index (χ1v) is 8.16. The van der Waals surface area contributed by atoms with Gasteiger partial charge >= 0.3 is 0 Å². The molecule has 0 aromatic carbocycles. The van der Waals surface area contributed by atoms with E-state index in [1.807, 2.05) is 11.3 Å². The van der Waals surface area contributed by atoms with Gasteiger partial charge in [-0.2, -0.15) is 0 Å². The molecule has 3 heterocycles. The fourth-order valence-corrected chi connectivity index (χ4v) is 4.00. The molecular formula is C15H22N4S. The third-order valence-electron chi connectivity index (χ3n) is 3.77. The van der Waals surface area contributed by atoms with E-state index in [0.29, 0.717) is 5.92 Å². The molecule has 0 bridgehead atoms. The fraction of sp³-hybridized carbons (Fsp3) is 0.600. The van der Waals surface area contributed by atoms with Gasteiger partial charge in [-0.1, -0.05) is 13.8 Å². The molecule has 1 N–H and O–H groups in total. The molecular weight excluding hydrogens is 268 g/mol. The largest absolute Gasteiger partial charge is 0.370 e. The SMILES string of the molecule is CCNc1nc(C(C)C)nc2sc3c(c12)CCN(C)C3. The van der Waals surface area contributed by atoms with Crippen LogP contribution in [-0.4, -0.2) is 35.0 Å². The summed E-state index contributed by atoms with van der Waals surface area (Å²) in [7, 11) is 2.18. The lowest BCUT2D eigenvalue weighted by molar-refractivity contribution is 0.318. The van der Waals surface area contributed by atoms with E-state index in [-0.39, 0.29) is 0 Å². The van der Waals surface area contributed by atoms with E-state index >= 15 is 0 Å². The van der Waals surface area contributed by atoms with Gasteiger partial charge in [0, 0.05) is 30.4 Å². The van der Waals surface area contributed by atoms with Crippen LogP contribution in [0.3, 0.4) is 0 Å². The zero-order valence-corrected chi connectivity index (χ0v) is 13.5. The van der Waals surface area contributed by atoms with Crippen molar-refractivity contribution in [3.05, 3.63) is 16.3 Å². The van der Waals surface area contributed by atoms with Crippen molar-refractivity contribution in [2.24, 2.45) is 0 Å². The number of nitrogens with zero attached hydrogens (tertiary/aromatic N) is 3. The Labute approximate surface area is 124 Å². The van der Waals surface area contributed by atoms with Crippen LogP contribution in [0.5, 0.6) is 0 Å². The van der Waals surface area contributed by atoms with Crippen LogP contribution >= 0.6 is 11.3 Å². The number of nitrogens with one attached hydrogen (secondary N) is 1. The first-order valence-electron chi connectivity index (χ1n) is 7.34. The third-order valence-corrected chi connectivity index (χ3v) is 4.88. The third kappa shape index (κ3) is 2.29. The maximum atomic E-state index is 4.80. The topological polar surface area (TPSA) is 41.1 Å². The highest BCUT2D eigenvalue weighted by Gasteiger charge is 2.23. The van der Waals surface area contributed by atoms with Crippen LogP contribution in [0.15, 0.2) is 0 Å². The molecule has 0 aliphatic carbocycles. The Hall–Kier alpha value is -1.20. The number of fused-ring (bicyclic) bond motifs is 3. The standard InChI is InChI=1S/C15H22N4S/c1-5-16-14-12-10-6-7-19(4)8-11(10)20-15(12)18-13(17-14)9(2)3/h9H,5-8H2,1-4H3,(H,16,17,18). The Morgan fingerprint density at radius 2 is 2.15 bits per heavy atom. The first kappa shape index (κ1) is 13.8. The Bertz CT molecular complexity index is 632.